The van der Waals surface area contributed by atoms with Crippen LogP contribution < -0.4 is 21.4 Å². The fourth-order valence-electron chi connectivity index (χ4n) is 5.38. The maximum atomic E-state index is 13.8. The van der Waals surface area contributed by atoms with Gasteiger partial charge in [0.25, 0.3) is 5.91 Å². The van der Waals surface area contributed by atoms with Gasteiger partial charge in [0.15, 0.2) is 0 Å². The molecule has 3 aromatic rings. The Balaban J connectivity index is 0.00000936. The number of pyridine rings is 1. The first kappa shape index (κ1) is 44.4. The van der Waals surface area contributed by atoms with E-state index in [1.165, 1.54) is 14.2 Å². The Kier molecular flexibility index (Phi) is 17.5. The molecular weight excluding hydrogens is 693 g/mol. The molecule has 0 unspecified atom stereocenters. The van der Waals surface area contributed by atoms with Gasteiger partial charge in [-0.1, -0.05) is 102 Å². The predicted octanol–water partition coefficient (Wildman–Crippen LogP) is 4.06. The van der Waals surface area contributed by atoms with Crippen molar-refractivity contribution in [3.8, 4) is 11.3 Å². The van der Waals surface area contributed by atoms with Crippen molar-refractivity contribution in [3.63, 3.8) is 0 Å². The van der Waals surface area contributed by atoms with Crippen molar-refractivity contribution >= 4 is 61.7 Å². The minimum Gasteiger partial charge on any atom is -1.00 e. The van der Waals surface area contributed by atoms with Crippen molar-refractivity contribution in [2.24, 2.45) is 10.8 Å². The number of benzene rings is 2. The number of aliphatic hydroxyl groups excluding tert-OH is 1. The van der Waals surface area contributed by atoms with Crippen molar-refractivity contribution in [1.29, 1.82) is 0 Å². The summed E-state index contributed by atoms with van der Waals surface area (Å²) in [5, 5.41) is 21.6. The van der Waals surface area contributed by atoms with Gasteiger partial charge < -0.3 is 33.4 Å². The van der Waals surface area contributed by atoms with Crippen molar-refractivity contribution in [2.45, 2.75) is 78.7 Å². The normalized spacial score (nSPS) is 13.7. The number of rotatable bonds is 14. The Hall–Kier alpha value is -3.75. The van der Waals surface area contributed by atoms with E-state index < -0.39 is 59.1 Å². The van der Waals surface area contributed by atoms with Crippen molar-refractivity contribution in [3.05, 3.63) is 90.1 Å². The van der Waals surface area contributed by atoms with Crippen LogP contribution in [-0.2, 0) is 32.0 Å². The third kappa shape index (κ3) is 14.0. The molecule has 2 aromatic carbocycles. The number of hydrogen-bond donors (Lipinski definition) is 5. The number of alkyl carbamates (subject to hydrolysis) is 2. The monoisotopic (exact) mass is 746 g/mol. The van der Waals surface area contributed by atoms with E-state index in [2.05, 4.69) is 26.4 Å². The summed E-state index contributed by atoms with van der Waals surface area (Å²) in [5.41, 5.74) is 4.88. The molecular formula is C38H54CaN6O7. The van der Waals surface area contributed by atoms with E-state index in [1.54, 1.807) is 32.0 Å². The molecule has 280 valence electrons. The van der Waals surface area contributed by atoms with Crippen LogP contribution in [-0.4, -0.2) is 122 Å². The first-order valence-corrected chi connectivity index (χ1v) is 16.8. The molecule has 0 radical (unpaired) electrons. The molecule has 4 atom stereocenters. The first-order valence-electron chi connectivity index (χ1n) is 16.8. The fraction of sp³-hybridized carbons (Fsp3) is 0.447. The average Bonchev–Trinajstić information content (AvgIpc) is 3.08. The molecule has 0 aliphatic carbocycles. The Morgan fingerprint density at radius 3 is 1.79 bits per heavy atom. The van der Waals surface area contributed by atoms with Crippen LogP contribution in [0, 0.1) is 10.8 Å². The molecule has 13 nitrogen and oxygen atoms in total. The first-order chi connectivity index (χ1) is 24.0. The fourth-order valence-corrected chi connectivity index (χ4v) is 5.38. The molecule has 0 saturated heterocycles. The summed E-state index contributed by atoms with van der Waals surface area (Å²) < 4.78 is 9.54. The Morgan fingerprint density at radius 2 is 1.29 bits per heavy atom. The van der Waals surface area contributed by atoms with Gasteiger partial charge in [-0.25, -0.2) is 14.6 Å². The number of hydrazine groups is 1. The second-order valence-electron chi connectivity index (χ2n) is 14.5. The molecule has 4 amide bonds. The van der Waals surface area contributed by atoms with Crippen LogP contribution in [0.2, 0.25) is 0 Å². The number of carbonyl (C=O) groups excluding carboxylic acids is 4. The van der Waals surface area contributed by atoms with E-state index in [9.17, 15) is 24.3 Å². The number of methoxy groups -OCH3 is 2. The SMILES string of the molecule is COC(=O)N[C@H](C(=O)N[C@@H](Cc1ccccc1)[C@@H](O)CN(Cc1ccc(-c2ccccn2)cc1)NC(=O)[C@@H](NC(=O)OC)C(C)(C)C)C(C)(C)C.[Ca+2].[H-].[H-]. The molecule has 0 saturated carbocycles. The molecule has 3 rings (SSSR count). The van der Waals surface area contributed by atoms with Crippen LogP contribution in [0.25, 0.3) is 11.3 Å². The Bertz CT molecular complexity index is 1590. The third-order valence-electron chi connectivity index (χ3n) is 8.21. The van der Waals surface area contributed by atoms with Crippen LogP contribution in [0.1, 0.15) is 55.5 Å². The number of nitrogens with zero attached hydrogens (tertiary/aromatic N) is 2. The topological polar surface area (TPSA) is 171 Å². The Labute approximate surface area is 339 Å². The number of hydrogen-bond acceptors (Lipinski definition) is 9. The third-order valence-corrected chi connectivity index (χ3v) is 8.21. The molecule has 5 N–H and O–H groups in total. The summed E-state index contributed by atoms with van der Waals surface area (Å²) in [5.74, 6) is -1.03. The zero-order chi connectivity index (χ0) is 37.8. The number of nitrogens with one attached hydrogen (secondary N) is 4. The van der Waals surface area contributed by atoms with E-state index >= 15 is 0 Å². The summed E-state index contributed by atoms with van der Waals surface area (Å²) in [4.78, 5) is 56.3. The molecule has 1 heterocycles. The molecule has 14 heteroatoms. The Morgan fingerprint density at radius 1 is 0.750 bits per heavy atom. The summed E-state index contributed by atoms with van der Waals surface area (Å²) >= 11 is 0. The van der Waals surface area contributed by atoms with Gasteiger partial charge in [-0.15, -0.1) is 0 Å². The van der Waals surface area contributed by atoms with Crippen molar-refractivity contribution in [1.82, 2.24) is 31.4 Å². The minimum absolute atomic E-state index is 0. The van der Waals surface area contributed by atoms with Gasteiger partial charge in [0.05, 0.1) is 32.1 Å². The summed E-state index contributed by atoms with van der Waals surface area (Å²) in [6.45, 7) is 10.9. The average molecular weight is 747 g/mol. The molecule has 52 heavy (non-hydrogen) atoms. The van der Waals surface area contributed by atoms with Gasteiger partial charge in [-0.3, -0.25) is 20.0 Å². The van der Waals surface area contributed by atoms with Crippen molar-refractivity contribution in [2.75, 3.05) is 20.8 Å². The van der Waals surface area contributed by atoms with Crippen molar-refractivity contribution < 1.29 is 36.6 Å². The zero-order valence-corrected chi connectivity index (χ0v) is 33.6. The second-order valence-corrected chi connectivity index (χ2v) is 14.5. The van der Waals surface area contributed by atoms with E-state index in [0.29, 0.717) is 0 Å². The van der Waals surface area contributed by atoms with Gasteiger partial charge in [0, 0.05) is 24.8 Å². The number of amides is 4. The molecule has 0 fully saturated rings. The van der Waals surface area contributed by atoms with Crippen LogP contribution >= 0.6 is 0 Å². The number of carbonyl (C=O) groups is 4. The summed E-state index contributed by atoms with van der Waals surface area (Å²) in [6, 6.07) is 19.8. The van der Waals surface area contributed by atoms with Gasteiger partial charge in [-0.05, 0) is 40.5 Å². The van der Waals surface area contributed by atoms with Crippen LogP contribution in [0.5, 0.6) is 0 Å². The molecule has 0 aliphatic rings. The van der Waals surface area contributed by atoms with Gasteiger partial charge in [0.1, 0.15) is 12.1 Å². The summed E-state index contributed by atoms with van der Waals surface area (Å²) in [6.07, 6.45) is -0.778. The maximum absolute atomic E-state index is 13.8. The zero-order valence-electron chi connectivity index (χ0n) is 33.4. The maximum Gasteiger partial charge on any atom is 2.00 e. The quantitative estimate of drug-likeness (QED) is 0.121. The van der Waals surface area contributed by atoms with Crippen LogP contribution in [0.4, 0.5) is 9.59 Å². The van der Waals surface area contributed by atoms with Gasteiger partial charge in [-0.2, -0.15) is 0 Å². The van der Waals surface area contributed by atoms with Gasteiger partial charge >= 0.3 is 49.9 Å². The molecule has 0 bridgehead atoms. The molecule has 1 aromatic heterocycles. The predicted molar refractivity (Wildman–Crippen MR) is 202 cm³/mol. The molecule has 0 spiro atoms. The number of aromatic nitrogens is 1. The minimum atomic E-state index is -1.22. The van der Waals surface area contributed by atoms with Crippen LogP contribution in [0.15, 0.2) is 79.0 Å². The van der Waals surface area contributed by atoms with Gasteiger partial charge in [0.2, 0.25) is 5.91 Å². The second kappa shape index (κ2) is 20.5. The van der Waals surface area contributed by atoms with E-state index in [1.807, 2.05) is 93.6 Å². The molecule has 0 aliphatic heterocycles. The standard InChI is InChI=1S/C38H52N6O7.Ca.2H/c1-37(2,3)31(41-35(48)50-7)33(46)40-29(22-25-14-10-9-11-15-25)30(45)24-44(43-34(47)32(38(4,5)6)42-36(49)51-8)23-26-17-19-27(20-18-26)28-16-12-13-21-39-28;;;/h9-21,29-32,45H,22-24H2,1-8H3,(H,40,46)(H,41,48)(H,42,49)(H,43,47);;;/q;+2;2*-1/t29-,30-,31+,32+;;;/m0.../s1. The number of aliphatic hydroxyl groups is 1. The largest absolute Gasteiger partial charge is 2.00 e. The number of ether oxygens (including phenoxy) is 2. The summed E-state index contributed by atoms with van der Waals surface area (Å²) in [7, 11) is 2.44. The van der Waals surface area contributed by atoms with Crippen LogP contribution in [0.3, 0.4) is 0 Å². The van der Waals surface area contributed by atoms with E-state index in [4.69, 9.17) is 9.47 Å². The smallest absolute Gasteiger partial charge is 1.00 e. The van der Waals surface area contributed by atoms with E-state index in [0.717, 1.165) is 22.4 Å². The van der Waals surface area contributed by atoms with E-state index in [-0.39, 0.29) is 60.1 Å².